The molecule has 0 bridgehead atoms. The Morgan fingerprint density at radius 2 is 1.64 bits per heavy atom. The van der Waals surface area contributed by atoms with Crippen LogP contribution in [0.2, 0.25) is 0 Å². The third-order valence-corrected chi connectivity index (χ3v) is 8.43. The van der Waals surface area contributed by atoms with Gasteiger partial charge in [0.2, 0.25) is 0 Å². The highest BCUT2D eigenvalue weighted by atomic mass is 32.2. The van der Waals surface area contributed by atoms with E-state index in [2.05, 4.69) is 4.90 Å². The lowest BCUT2D eigenvalue weighted by Gasteiger charge is -2.34. The predicted molar refractivity (Wildman–Crippen MR) is 152 cm³/mol. The van der Waals surface area contributed by atoms with E-state index in [-0.39, 0.29) is 21.9 Å². The number of amides is 2. The summed E-state index contributed by atoms with van der Waals surface area (Å²) in [6.07, 6.45) is 3.29. The minimum absolute atomic E-state index is 0.0177. The van der Waals surface area contributed by atoms with Crippen LogP contribution in [0.25, 0.3) is 0 Å². The normalized spacial score (nSPS) is 18.1. The van der Waals surface area contributed by atoms with Crippen LogP contribution in [0.15, 0.2) is 18.2 Å². The highest BCUT2D eigenvalue weighted by molar-refractivity contribution is 8.12. The average molecular weight is 584 g/mol. The molecule has 0 N–H and O–H groups in total. The van der Waals surface area contributed by atoms with Gasteiger partial charge in [-0.1, -0.05) is 37.4 Å². The number of anilines is 1. The van der Waals surface area contributed by atoms with Crippen molar-refractivity contribution in [2.75, 3.05) is 50.4 Å². The summed E-state index contributed by atoms with van der Waals surface area (Å²) in [6.45, 7) is 8.48. The molecule has 0 radical (unpaired) electrons. The standard InChI is InChI=1S/C27H36F3N5O2S2/c1-26(2)23(36)35(21-11-10-20(19-31)22(18-21)27(28,29)30)24(38)34(26)13-9-7-5-4-6-8-12-32-14-16-33(17-15-32)25(37)39-3/h10-11,18H,4-9,12-17H2,1-3H3. The summed E-state index contributed by atoms with van der Waals surface area (Å²) in [5, 5.41) is 9.40. The zero-order valence-corrected chi connectivity index (χ0v) is 24.4. The lowest BCUT2D eigenvalue weighted by Crippen LogP contribution is -2.47. The number of thiocarbonyl (C=S) groups is 1. The molecule has 2 fully saturated rings. The molecule has 0 unspecified atom stereocenters. The molecule has 1 aromatic rings. The van der Waals surface area contributed by atoms with Crippen molar-refractivity contribution in [3.8, 4) is 6.07 Å². The highest BCUT2D eigenvalue weighted by Gasteiger charge is 2.49. The van der Waals surface area contributed by atoms with E-state index in [4.69, 9.17) is 17.5 Å². The lowest BCUT2D eigenvalue weighted by atomic mass is 10.0. The number of benzene rings is 1. The number of carbonyl (C=O) groups excluding carboxylic acids is 2. The van der Waals surface area contributed by atoms with Crippen LogP contribution in [0.5, 0.6) is 0 Å². The molecule has 0 spiro atoms. The molecular formula is C27H36F3N5O2S2. The molecule has 7 nitrogen and oxygen atoms in total. The SMILES string of the molecule is CSC(=O)N1CCN(CCCCCCCCN2C(=S)N(c3ccc(C#N)c(C(F)(F)F)c3)C(=O)C2(C)C)CC1. The third-order valence-electron chi connectivity index (χ3n) is 7.42. The van der Waals surface area contributed by atoms with E-state index in [9.17, 15) is 22.8 Å². The Bertz CT molecular complexity index is 1100. The first kappa shape index (κ1) is 31.2. The second-order valence-corrected chi connectivity index (χ2v) is 11.5. The minimum Gasteiger partial charge on any atom is -0.334 e. The summed E-state index contributed by atoms with van der Waals surface area (Å²) in [4.78, 5) is 32.2. The van der Waals surface area contributed by atoms with E-state index in [0.29, 0.717) is 6.54 Å². The van der Waals surface area contributed by atoms with E-state index >= 15 is 0 Å². The number of hydrogen-bond acceptors (Lipinski definition) is 6. The fraction of sp³-hybridized carbons (Fsp3) is 0.630. The van der Waals surface area contributed by atoms with Gasteiger partial charge in [0.1, 0.15) is 5.54 Å². The largest absolute Gasteiger partial charge is 0.417 e. The zero-order chi connectivity index (χ0) is 28.8. The Morgan fingerprint density at radius 3 is 2.21 bits per heavy atom. The number of thioether (sulfide) groups is 1. The molecule has 0 aromatic heterocycles. The van der Waals surface area contributed by atoms with Crippen molar-refractivity contribution >= 4 is 45.9 Å². The summed E-state index contributed by atoms with van der Waals surface area (Å²) in [5.41, 5.74) is -2.54. The first-order valence-corrected chi connectivity index (χ1v) is 14.9. The van der Waals surface area contributed by atoms with E-state index in [0.717, 1.165) is 88.3 Å². The first-order valence-electron chi connectivity index (χ1n) is 13.2. The number of piperazine rings is 1. The van der Waals surface area contributed by atoms with E-state index < -0.39 is 22.8 Å². The number of alkyl halides is 3. The number of hydrogen-bond donors (Lipinski definition) is 0. The number of nitrogens with zero attached hydrogens (tertiary/aromatic N) is 5. The van der Waals surface area contributed by atoms with Crippen molar-refractivity contribution in [3.63, 3.8) is 0 Å². The van der Waals surface area contributed by atoms with Crippen LogP contribution in [0.4, 0.5) is 23.7 Å². The van der Waals surface area contributed by atoms with Crippen molar-refractivity contribution in [3.05, 3.63) is 29.3 Å². The summed E-state index contributed by atoms with van der Waals surface area (Å²) in [7, 11) is 0. The molecule has 0 saturated carbocycles. The van der Waals surface area contributed by atoms with Gasteiger partial charge in [0.15, 0.2) is 5.11 Å². The molecule has 0 atom stereocenters. The molecule has 2 heterocycles. The smallest absolute Gasteiger partial charge is 0.334 e. The molecule has 2 amide bonds. The van der Waals surface area contributed by atoms with Crippen LogP contribution in [-0.2, 0) is 11.0 Å². The maximum atomic E-state index is 13.5. The molecule has 1 aromatic carbocycles. The Kier molecular flexibility index (Phi) is 10.7. The number of nitriles is 1. The predicted octanol–water partition coefficient (Wildman–Crippen LogP) is 5.73. The maximum absolute atomic E-state index is 13.5. The number of unbranched alkanes of at least 4 members (excludes halogenated alkanes) is 5. The van der Waals surface area contributed by atoms with Crippen molar-refractivity contribution in [1.82, 2.24) is 14.7 Å². The molecule has 214 valence electrons. The number of rotatable bonds is 10. The second-order valence-electron chi connectivity index (χ2n) is 10.4. The Hall–Kier alpha value is -2.36. The monoisotopic (exact) mass is 583 g/mol. The Balaban J connectivity index is 1.43. The summed E-state index contributed by atoms with van der Waals surface area (Å²) in [5.74, 6) is -0.385. The van der Waals surface area contributed by atoms with E-state index in [1.807, 2.05) is 11.2 Å². The van der Waals surface area contributed by atoms with Gasteiger partial charge in [-0.15, -0.1) is 0 Å². The van der Waals surface area contributed by atoms with Crippen molar-refractivity contribution in [1.29, 1.82) is 5.26 Å². The highest BCUT2D eigenvalue weighted by Crippen LogP contribution is 2.38. The van der Waals surface area contributed by atoms with Gasteiger partial charge in [-0.3, -0.25) is 19.4 Å². The number of halogens is 3. The van der Waals surface area contributed by atoms with Crippen molar-refractivity contribution in [2.45, 2.75) is 64.1 Å². The maximum Gasteiger partial charge on any atom is 0.417 e. The minimum atomic E-state index is -4.72. The van der Waals surface area contributed by atoms with Crippen molar-refractivity contribution < 1.29 is 22.8 Å². The van der Waals surface area contributed by atoms with Crippen molar-refractivity contribution in [2.24, 2.45) is 0 Å². The lowest BCUT2D eigenvalue weighted by molar-refractivity contribution is -0.137. The average Bonchev–Trinajstić information content (AvgIpc) is 3.07. The van der Waals surface area contributed by atoms with Gasteiger partial charge < -0.3 is 9.80 Å². The van der Waals surface area contributed by atoms with Gasteiger partial charge in [-0.2, -0.15) is 18.4 Å². The van der Waals surface area contributed by atoms with E-state index in [1.54, 1.807) is 24.8 Å². The Labute approximate surface area is 238 Å². The van der Waals surface area contributed by atoms with Crippen LogP contribution in [-0.4, -0.2) is 82.0 Å². The fourth-order valence-corrected chi connectivity index (χ4v) is 5.99. The molecule has 2 aliphatic rings. The van der Waals surface area contributed by atoms with E-state index in [1.165, 1.54) is 17.8 Å². The summed E-state index contributed by atoms with van der Waals surface area (Å²) >= 11 is 6.82. The van der Waals surface area contributed by atoms with Crippen LogP contribution in [0, 0.1) is 11.3 Å². The molecule has 2 saturated heterocycles. The topological polar surface area (TPSA) is 70.9 Å². The van der Waals surface area contributed by atoms with Crippen LogP contribution in [0.1, 0.15) is 63.5 Å². The third kappa shape index (κ3) is 7.44. The Morgan fingerprint density at radius 1 is 1.05 bits per heavy atom. The van der Waals surface area contributed by atoms with Gasteiger partial charge in [-0.25, -0.2) is 0 Å². The summed E-state index contributed by atoms with van der Waals surface area (Å²) < 4.78 is 40.4. The van der Waals surface area contributed by atoms with Crippen LogP contribution in [0.3, 0.4) is 0 Å². The fourth-order valence-electron chi connectivity index (χ4n) is 5.04. The molecular weight excluding hydrogens is 547 g/mol. The van der Waals surface area contributed by atoms with Gasteiger partial charge in [0.25, 0.3) is 11.1 Å². The van der Waals surface area contributed by atoms with Gasteiger partial charge in [0.05, 0.1) is 22.9 Å². The van der Waals surface area contributed by atoms with Gasteiger partial charge in [-0.05, 0) is 69.9 Å². The van der Waals surface area contributed by atoms with Gasteiger partial charge >= 0.3 is 6.18 Å². The number of carbonyl (C=O) groups is 2. The molecule has 3 rings (SSSR count). The summed E-state index contributed by atoms with van der Waals surface area (Å²) in [6, 6.07) is 4.80. The zero-order valence-electron chi connectivity index (χ0n) is 22.7. The van der Waals surface area contributed by atoms with Crippen LogP contribution >= 0.6 is 24.0 Å². The molecule has 2 aliphatic heterocycles. The quantitative estimate of drug-likeness (QED) is 0.257. The molecule has 12 heteroatoms. The first-order chi connectivity index (χ1) is 18.4. The van der Waals surface area contributed by atoms with Gasteiger partial charge in [0, 0.05) is 32.7 Å². The molecule has 39 heavy (non-hydrogen) atoms. The second kappa shape index (κ2) is 13.3. The molecule has 0 aliphatic carbocycles. The van der Waals surface area contributed by atoms with Crippen LogP contribution < -0.4 is 4.90 Å².